The molecule has 0 heterocycles. The fourth-order valence-corrected chi connectivity index (χ4v) is 2.78. The van der Waals surface area contributed by atoms with Crippen molar-refractivity contribution in [1.29, 1.82) is 0 Å². The third-order valence-corrected chi connectivity index (χ3v) is 3.84. The molecule has 0 fully saturated rings. The molecule has 0 aliphatic carbocycles. The van der Waals surface area contributed by atoms with Crippen molar-refractivity contribution < 1.29 is 19.1 Å². The van der Waals surface area contributed by atoms with Crippen molar-refractivity contribution in [3.63, 3.8) is 0 Å². The van der Waals surface area contributed by atoms with Gasteiger partial charge in [-0.3, -0.25) is 9.59 Å². The Morgan fingerprint density at radius 1 is 1.12 bits per heavy atom. The van der Waals surface area contributed by atoms with Crippen LogP contribution in [0.4, 0.5) is 0 Å². The van der Waals surface area contributed by atoms with Crippen LogP contribution in [0.25, 0.3) is 0 Å². The van der Waals surface area contributed by atoms with Gasteiger partial charge in [0, 0.05) is 16.5 Å². The number of thioether (sulfide) groups is 1. The summed E-state index contributed by atoms with van der Waals surface area (Å²) < 4.78 is 5.08. The normalized spacial score (nSPS) is 11.1. The van der Waals surface area contributed by atoms with Crippen molar-refractivity contribution >= 4 is 29.5 Å². The third-order valence-electron chi connectivity index (χ3n) is 2.76. The molecule has 0 aliphatic heterocycles. The second kappa shape index (κ2) is 9.46. The van der Waals surface area contributed by atoms with E-state index in [0.29, 0.717) is 10.5 Å². The fraction of sp³-hybridized carbons (Fsp3) is 0.500. The topological polar surface area (TPSA) is 84.5 Å². The average molecular weight is 366 g/mol. The van der Waals surface area contributed by atoms with Crippen LogP contribution >= 0.6 is 11.8 Å². The minimum atomic E-state index is -0.587. The lowest BCUT2D eigenvalue weighted by molar-refractivity contribution is -0.125. The van der Waals surface area contributed by atoms with E-state index < -0.39 is 5.97 Å². The monoisotopic (exact) mass is 366 g/mol. The molecule has 138 valence electrons. The molecule has 0 unspecified atom stereocenters. The highest BCUT2D eigenvalue weighted by Gasteiger charge is 2.18. The number of nitrogens with one attached hydrogen (secondary N) is 2. The van der Waals surface area contributed by atoms with Gasteiger partial charge >= 0.3 is 5.97 Å². The third kappa shape index (κ3) is 8.58. The maximum atomic E-state index is 12.2. The van der Waals surface area contributed by atoms with Crippen LogP contribution in [0.3, 0.4) is 0 Å². The number of amides is 2. The Morgan fingerprint density at radius 2 is 1.76 bits per heavy atom. The second-order valence-corrected chi connectivity index (χ2v) is 7.90. The summed E-state index contributed by atoms with van der Waals surface area (Å²) in [5.74, 6) is -0.848. The van der Waals surface area contributed by atoms with E-state index in [1.165, 1.54) is 11.8 Å². The van der Waals surface area contributed by atoms with Crippen molar-refractivity contribution in [2.75, 3.05) is 12.4 Å². The Balaban J connectivity index is 2.64. The molecule has 0 bridgehead atoms. The molecule has 7 heteroatoms. The second-order valence-electron chi connectivity index (χ2n) is 6.88. The van der Waals surface area contributed by atoms with Gasteiger partial charge in [0.25, 0.3) is 5.91 Å². The number of esters is 1. The average Bonchev–Trinajstić information content (AvgIpc) is 2.48. The Bertz CT molecular complexity index is 624. The van der Waals surface area contributed by atoms with Crippen LogP contribution < -0.4 is 10.6 Å². The van der Waals surface area contributed by atoms with Crippen LogP contribution in [0, 0.1) is 0 Å². The molecule has 0 saturated heterocycles. The van der Waals surface area contributed by atoms with E-state index in [4.69, 9.17) is 4.74 Å². The van der Waals surface area contributed by atoms with Gasteiger partial charge in [-0.2, -0.15) is 0 Å². The Kier molecular flexibility index (Phi) is 7.96. The molecule has 0 aromatic heterocycles. The van der Waals surface area contributed by atoms with Crippen LogP contribution in [0.5, 0.6) is 0 Å². The standard InChI is InChI=1S/C18H26N2O4S/c1-12(2)19-16(22)11-25-14-9-7-6-8-13(14)17(23)24-10-15(21)20-18(3,4)5/h6-9,12H,10-11H2,1-5H3,(H,19,22)(H,20,21). The van der Waals surface area contributed by atoms with Crippen LogP contribution in [-0.2, 0) is 14.3 Å². The van der Waals surface area contributed by atoms with Crippen LogP contribution in [-0.4, -0.2) is 41.7 Å². The number of hydrogen-bond acceptors (Lipinski definition) is 5. The Labute approximate surface area is 153 Å². The van der Waals surface area contributed by atoms with Crippen molar-refractivity contribution in [3.8, 4) is 0 Å². The predicted molar refractivity (Wildman–Crippen MR) is 98.6 cm³/mol. The molecule has 1 aromatic rings. The molecule has 0 saturated carbocycles. The van der Waals surface area contributed by atoms with E-state index in [2.05, 4.69) is 10.6 Å². The van der Waals surface area contributed by atoms with Crippen LogP contribution in [0.2, 0.25) is 0 Å². The quantitative estimate of drug-likeness (QED) is 0.572. The zero-order valence-corrected chi connectivity index (χ0v) is 16.2. The van der Waals surface area contributed by atoms with Gasteiger partial charge in [0.15, 0.2) is 6.61 Å². The van der Waals surface area contributed by atoms with E-state index in [0.717, 1.165) is 0 Å². The lowest BCUT2D eigenvalue weighted by Crippen LogP contribution is -2.42. The molecular formula is C18H26N2O4S. The largest absolute Gasteiger partial charge is 0.452 e. The molecule has 2 N–H and O–H groups in total. The molecule has 2 amide bonds. The zero-order valence-electron chi connectivity index (χ0n) is 15.3. The van der Waals surface area contributed by atoms with Crippen LogP contribution in [0.15, 0.2) is 29.2 Å². The van der Waals surface area contributed by atoms with E-state index >= 15 is 0 Å². The highest BCUT2D eigenvalue weighted by atomic mass is 32.2. The number of hydrogen-bond donors (Lipinski definition) is 2. The molecule has 0 radical (unpaired) electrons. The molecule has 6 nitrogen and oxygen atoms in total. The van der Waals surface area contributed by atoms with Crippen LogP contribution in [0.1, 0.15) is 45.0 Å². The maximum absolute atomic E-state index is 12.2. The summed E-state index contributed by atoms with van der Waals surface area (Å²) in [6, 6.07) is 6.93. The number of ether oxygens (including phenoxy) is 1. The van der Waals surface area contributed by atoms with Gasteiger partial charge in [-0.25, -0.2) is 4.79 Å². The minimum absolute atomic E-state index is 0.0645. The van der Waals surface area contributed by atoms with Gasteiger partial charge in [0.1, 0.15) is 0 Å². The van der Waals surface area contributed by atoms with Gasteiger partial charge in [-0.05, 0) is 46.8 Å². The summed E-state index contributed by atoms with van der Waals surface area (Å²) in [5, 5.41) is 5.52. The highest BCUT2D eigenvalue weighted by Crippen LogP contribution is 2.23. The van der Waals surface area contributed by atoms with Gasteiger partial charge in [0.05, 0.1) is 11.3 Å². The predicted octanol–water partition coefficient (Wildman–Crippen LogP) is 2.37. The van der Waals surface area contributed by atoms with Gasteiger partial charge in [0.2, 0.25) is 5.91 Å². The van der Waals surface area contributed by atoms with Crippen molar-refractivity contribution in [2.24, 2.45) is 0 Å². The Hall–Kier alpha value is -2.02. The SMILES string of the molecule is CC(C)NC(=O)CSc1ccccc1C(=O)OCC(=O)NC(C)(C)C. The number of carbonyl (C=O) groups excluding carboxylic acids is 3. The van der Waals surface area contributed by atoms with Gasteiger partial charge < -0.3 is 15.4 Å². The number of rotatable bonds is 7. The van der Waals surface area contributed by atoms with Gasteiger partial charge in [-0.15, -0.1) is 11.8 Å². The summed E-state index contributed by atoms with van der Waals surface area (Å²) in [7, 11) is 0. The maximum Gasteiger partial charge on any atom is 0.339 e. The first-order chi connectivity index (χ1) is 11.6. The van der Waals surface area contributed by atoms with E-state index in [1.54, 1.807) is 24.3 Å². The van der Waals surface area contributed by atoms with Crippen molar-refractivity contribution in [3.05, 3.63) is 29.8 Å². The molecule has 1 aromatic carbocycles. The molecule has 25 heavy (non-hydrogen) atoms. The summed E-state index contributed by atoms with van der Waals surface area (Å²) >= 11 is 1.26. The molecule has 0 aliphatic rings. The molecular weight excluding hydrogens is 340 g/mol. The zero-order chi connectivity index (χ0) is 19.0. The lowest BCUT2D eigenvalue weighted by atomic mass is 10.1. The van der Waals surface area contributed by atoms with Crippen molar-refractivity contribution in [2.45, 2.75) is 51.1 Å². The fourth-order valence-electron chi connectivity index (χ4n) is 1.93. The molecule has 0 atom stereocenters. The summed E-state index contributed by atoms with van der Waals surface area (Å²) in [6.07, 6.45) is 0. The van der Waals surface area contributed by atoms with Crippen molar-refractivity contribution in [1.82, 2.24) is 10.6 Å². The summed E-state index contributed by atoms with van der Waals surface area (Å²) in [5.41, 5.74) is -0.0468. The number of benzene rings is 1. The molecule has 1 rings (SSSR count). The van der Waals surface area contributed by atoms with E-state index in [-0.39, 0.29) is 35.8 Å². The number of carbonyl (C=O) groups is 3. The van der Waals surface area contributed by atoms with E-state index in [1.807, 2.05) is 34.6 Å². The highest BCUT2D eigenvalue weighted by molar-refractivity contribution is 8.00. The Morgan fingerprint density at radius 3 is 2.36 bits per heavy atom. The first kappa shape index (κ1) is 21.0. The minimum Gasteiger partial charge on any atom is -0.452 e. The smallest absolute Gasteiger partial charge is 0.339 e. The van der Waals surface area contributed by atoms with Gasteiger partial charge in [-0.1, -0.05) is 12.1 Å². The first-order valence-electron chi connectivity index (χ1n) is 8.08. The summed E-state index contributed by atoms with van der Waals surface area (Å²) in [4.78, 5) is 36.4. The molecule has 0 spiro atoms. The summed E-state index contributed by atoms with van der Waals surface area (Å²) in [6.45, 7) is 8.97. The lowest BCUT2D eigenvalue weighted by Gasteiger charge is -2.20. The first-order valence-corrected chi connectivity index (χ1v) is 9.06. The van der Waals surface area contributed by atoms with E-state index in [9.17, 15) is 14.4 Å².